The van der Waals surface area contributed by atoms with Gasteiger partial charge in [-0.15, -0.1) is 0 Å². The normalized spacial score (nSPS) is 12.8. The van der Waals surface area contributed by atoms with Crippen LogP contribution in [0.3, 0.4) is 0 Å². The third-order valence-corrected chi connectivity index (χ3v) is 5.72. The highest BCUT2D eigenvalue weighted by Crippen LogP contribution is 2.40. The number of aromatic nitrogens is 1. The monoisotopic (exact) mass is 407 g/mol. The van der Waals surface area contributed by atoms with Gasteiger partial charge in [-0.2, -0.15) is 0 Å². The highest BCUT2D eigenvalue weighted by molar-refractivity contribution is 7.99. The summed E-state index contributed by atoms with van der Waals surface area (Å²) in [6.45, 7) is 2.70. The van der Waals surface area contributed by atoms with Crippen molar-refractivity contribution in [2.45, 2.75) is 23.4 Å². The lowest BCUT2D eigenvalue weighted by Crippen LogP contribution is -2.30. The minimum absolute atomic E-state index is 0.0116. The molecule has 2 heterocycles. The van der Waals surface area contributed by atoms with Crippen molar-refractivity contribution in [3.05, 3.63) is 83.3 Å². The smallest absolute Gasteiger partial charge is 0.261 e. The minimum atomic E-state index is -0.553. The van der Waals surface area contributed by atoms with E-state index in [0.717, 1.165) is 16.1 Å². The molecule has 1 aromatic heterocycles. The molecule has 2 aromatic carbocycles. The molecule has 1 aliphatic rings. The van der Waals surface area contributed by atoms with Crippen LogP contribution in [0.15, 0.2) is 70.7 Å². The van der Waals surface area contributed by atoms with Crippen LogP contribution >= 0.6 is 11.8 Å². The second-order valence-electron chi connectivity index (χ2n) is 6.47. The molecule has 29 heavy (non-hydrogen) atoms. The Kier molecular flexibility index (Phi) is 5.31. The summed E-state index contributed by atoms with van der Waals surface area (Å²) in [5.74, 6) is -1.10. The van der Waals surface area contributed by atoms with Gasteiger partial charge in [0, 0.05) is 24.2 Å². The molecule has 0 aliphatic carbocycles. The van der Waals surface area contributed by atoms with Gasteiger partial charge in [0.15, 0.2) is 0 Å². The van der Waals surface area contributed by atoms with Gasteiger partial charge in [0.1, 0.15) is 10.8 Å². The highest BCUT2D eigenvalue weighted by Gasteiger charge is 2.27. The Morgan fingerprint density at radius 2 is 2.00 bits per heavy atom. The van der Waals surface area contributed by atoms with Gasteiger partial charge in [0.25, 0.3) is 11.8 Å². The van der Waals surface area contributed by atoms with E-state index in [9.17, 15) is 14.0 Å². The third kappa shape index (κ3) is 3.73. The van der Waals surface area contributed by atoms with E-state index in [2.05, 4.69) is 10.3 Å². The van der Waals surface area contributed by atoms with Crippen LogP contribution in [0, 0.1) is 5.82 Å². The third-order valence-electron chi connectivity index (χ3n) is 4.66. The summed E-state index contributed by atoms with van der Waals surface area (Å²) in [6.07, 6.45) is 1.67. The molecular formula is C22H18FN3O2S. The van der Waals surface area contributed by atoms with Crippen molar-refractivity contribution in [3.8, 4) is 0 Å². The molecular weight excluding hydrogens is 389 g/mol. The summed E-state index contributed by atoms with van der Waals surface area (Å²) in [5, 5.41) is 3.40. The van der Waals surface area contributed by atoms with Crippen LogP contribution in [0.4, 0.5) is 10.1 Å². The predicted octanol–water partition coefficient (Wildman–Crippen LogP) is 4.28. The van der Waals surface area contributed by atoms with Gasteiger partial charge in [-0.05, 0) is 48.9 Å². The van der Waals surface area contributed by atoms with Crippen molar-refractivity contribution in [2.24, 2.45) is 0 Å². The molecule has 3 aromatic rings. The number of fused-ring (bicyclic) bond motifs is 2. The summed E-state index contributed by atoms with van der Waals surface area (Å²) < 4.78 is 13.8. The van der Waals surface area contributed by atoms with Crippen LogP contribution in [-0.2, 0) is 6.54 Å². The number of nitrogens with zero attached hydrogens (tertiary/aromatic N) is 2. The molecule has 0 fully saturated rings. The van der Waals surface area contributed by atoms with Gasteiger partial charge in [0.2, 0.25) is 0 Å². The number of carbonyl (C=O) groups excluding carboxylic acids is 2. The molecule has 4 rings (SSSR count). The van der Waals surface area contributed by atoms with E-state index in [1.165, 1.54) is 23.9 Å². The van der Waals surface area contributed by atoms with E-state index in [1.54, 1.807) is 35.4 Å². The average molecular weight is 407 g/mol. The summed E-state index contributed by atoms with van der Waals surface area (Å²) >= 11 is 1.43. The second-order valence-corrected chi connectivity index (χ2v) is 7.50. The van der Waals surface area contributed by atoms with E-state index in [0.29, 0.717) is 17.1 Å². The molecule has 0 bridgehead atoms. The maximum atomic E-state index is 13.8. The Morgan fingerprint density at radius 1 is 1.17 bits per heavy atom. The predicted molar refractivity (Wildman–Crippen MR) is 110 cm³/mol. The zero-order chi connectivity index (χ0) is 20.4. The lowest BCUT2D eigenvalue weighted by molar-refractivity contribution is 0.0945. The summed E-state index contributed by atoms with van der Waals surface area (Å²) in [6, 6.07) is 15.1. The van der Waals surface area contributed by atoms with Crippen molar-refractivity contribution < 1.29 is 14.0 Å². The van der Waals surface area contributed by atoms with Crippen LogP contribution in [-0.4, -0.2) is 23.3 Å². The number of benzene rings is 2. The van der Waals surface area contributed by atoms with E-state index in [-0.39, 0.29) is 18.0 Å². The van der Waals surface area contributed by atoms with Gasteiger partial charge in [0.05, 0.1) is 16.8 Å². The molecule has 0 unspecified atom stereocenters. The van der Waals surface area contributed by atoms with Crippen LogP contribution in [0.25, 0.3) is 0 Å². The molecule has 0 saturated heterocycles. The maximum Gasteiger partial charge on any atom is 0.261 e. The molecule has 146 valence electrons. The maximum absolute atomic E-state index is 13.8. The van der Waals surface area contributed by atoms with E-state index in [4.69, 9.17) is 0 Å². The zero-order valence-electron chi connectivity index (χ0n) is 15.7. The summed E-state index contributed by atoms with van der Waals surface area (Å²) in [7, 11) is 0. The van der Waals surface area contributed by atoms with Gasteiger partial charge < -0.3 is 10.2 Å². The number of anilines is 1. The summed E-state index contributed by atoms with van der Waals surface area (Å²) in [4.78, 5) is 32.1. The number of halogens is 1. The fourth-order valence-electron chi connectivity index (χ4n) is 3.20. The van der Waals surface area contributed by atoms with Crippen LogP contribution < -0.4 is 10.2 Å². The lowest BCUT2D eigenvalue weighted by atomic mass is 10.1. The topological polar surface area (TPSA) is 62.3 Å². The quantitative estimate of drug-likeness (QED) is 0.701. The van der Waals surface area contributed by atoms with Gasteiger partial charge in [-0.3, -0.25) is 9.59 Å². The van der Waals surface area contributed by atoms with Crippen LogP contribution in [0.1, 0.15) is 33.2 Å². The Hall–Kier alpha value is -3.19. The largest absolute Gasteiger partial charge is 0.348 e. The van der Waals surface area contributed by atoms with Crippen molar-refractivity contribution in [2.75, 3.05) is 11.4 Å². The molecule has 1 aliphatic heterocycles. The zero-order valence-corrected chi connectivity index (χ0v) is 16.5. The van der Waals surface area contributed by atoms with E-state index < -0.39 is 11.7 Å². The standard InChI is InChI=1S/C22H18FN3O2S/c1-2-26-18-10-9-14(13-25-20(27)15-6-3-4-8-17(15)23)12-19(18)29-21-16(22(26)28)7-5-11-24-21/h3-12H,2,13H2,1H3,(H,25,27). The van der Waals surface area contributed by atoms with Crippen molar-refractivity contribution in [1.82, 2.24) is 10.3 Å². The number of nitrogens with one attached hydrogen (secondary N) is 1. The first-order valence-electron chi connectivity index (χ1n) is 9.19. The minimum Gasteiger partial charge on any atom is -0.348 e. The number of hydrogen-bond donors (Lipinski definition) is 1. The molecule has 0 saturated carbocycles. The van der Waals surface area contributed by atoms with Crippen molar-refractivity contribution >= 4 is 29.3 Å². The Morgan fingerprint density at radius 3 is 2.79 bits per heavy atom. The number of amides is 2. The van der Waals surface area contributed by atoms with Gasteiger partial charge in [-0.1, -0.05) is 30.0 Å². The van der Waals surface area contributed by atoms with Crippen molar-refractivity contribution in [3.63, 3.8) is 0 Å². The number of rotatable bonds is 4. The molecule has 0 atom stereocenters. The Labute approximate surface area is 172 Å². The van der Waals surface area contributed by atoms with Crippen LogP contribution in [0.5, 0.6) is 0 Å². The number of carbonyl (C=O) groups is 2. The average Bonchev–Trinajstić information content (AvgIpc) is 2.85. The molecule has 0 spiro atoms. The number of pyridine rings is 1. The molecule has 1 N–H and O–H groups in total. The fraction of sp³-hybridized carbons (Fsp3) is 0.136. The van der Waals surface area contributed by atoms with E-state index >= 15 is 0 Å². The van der Waals surface area contributed by atoms with Crippen molar-refractivity contribution in [1.29, 1.82) is 0 Å². The SMILES string of the molecule is CCN1C(=O)c2cccnc2Sc2cc(CNC(=O)c3ccccc3F)ccc21. The fourth-order valence-corrected chi connectivity index (χ4v) is 4.28. The Bertz CT molecular complexity index is 1100. The molecule has 0 radical (unpaired) electrons. The second kappa shape index (κ2) is 8.05. The lowest BCUT2D eigenvalue weighted by Gasteiger charge is -2.21. The van der Waals surface area contributed by atoms with Gasteiger partial charge >= 0.3 is 0 Å². The first-order chi connectivity index (χ1) is 14.1. The first-order valence-corrected chi connectivity index (χ1v) is 10.0. The molecule has 7 heteroatoms. The van der Waals surface area contributed by atoms with E-state index in [1.807, 2.05) is 25.1 Å². The number of hydrogen-bond acceptors (Lipinski definition) is 4. The molecule has 5 nitrogen and oxygen atoms in total. The van der Waals surface area contributed by atoms with Crippen LogP contribution in [0.2, 0.25) is 0 Å². The Balaban J connectivity index is 1.60. The highest BCUT2D eigenvalue weighted by atomic mass is 32.2. The molecule has 2 amide bonds. The summed E-state index contributed by atoms with van der Waals surface area (Å²) in [5.41, 5.74) is 2.25. The van der Waals surface area contributed by atoms with Gasteiger partial charge in [-0.25, -0.2) is 9.37 Å². The first kappa shape index (κ1) is 19.1.